The number of ketones is 1. The Balaban J connectivity index is 0.000000229. The first kappa shape index (κ1) is 25.8. The van der Waals surface area contributed by atoms with E-state index in [9.17, 15) is 24.0 Å². The molecule has 2 aliphatic heterocycles. The monoisotopic (exact) mass is 452 g/mol. The van der Waals surface area contributed by atoms with E-state index in [1.54, 1.807) is 20.8 Å². The molecule has 32 heavy (non-hydrogen) atoms. The molecule has 9 heteroatoms. The third-order valence-corrected chi connectivity index (χ3v) is 6.10. The summed E-state index contributed by atoms with van der Waals surface area (Å²) < 4.78 is 5.16. The summed E-state index contributed by atoms with van der Waals surface area (Å²) in [6, 6.07) is 0. The molecule has 1 N–H and O–H groups in total. The van der Waals surface area contributed by atoms with E-state index < -0.39 is 29.6 Å². The third-order valence-electron chi connectivity index (χ3n) is 6.10. The van der Waals surface area contributed by atoms with Crippen molar-refractivity contribution in [1.82, 2.24) is 9.80 Å². The highest BCUT2D eigenvalue weighted by atomic mass is 16.6. The molecule has 3 atom stereocenters. The van der Waals surface area contributed by atoms with E-state index >= 15 is 0 Å². The summed E-state index contributed by atoms with van der Waals surface area (Å²) in [5.41, 5.74) is -0.917. The van der Waals surface area contributed by atoms with Crippen molar-refractivity contribution in [3.63, 3.8) is 0 Å². The van der Waals surface area contributed by atoms with Crippen molar-refractivity contribution in [3.05, 3.63) is 0 Å². The highest BCUT2D eigenvalue weighted by molar-refractivity contribution is 6.08. The number of imide groups is 2. The van der Waals surface area contributed by atoms with Crippen LogP contribution in [-0.4, -0.2) is 63.4 Å². The van der Waals surface area contributed by atoms with E-state index in [-0.39, 0.29) is 29.6 Å². The van der Waals surface area contributed by atoms with Crippen LogP contribution in [0.2, 0.25) is 0 Å². The number of carbonyl (C=O) groups excluding carboxylic acids is 4. The summed E-state index contributed by atoms with van der Waals surface area (Å²) in [6.45, 7) is 11.8. The fourth-order valence-electron chi connectivity index (χ4n) is 3.92. The van der Waals surface area contributed by atoms with Gasteiger partial charge >= 0.3 is 12.2 Å². The Bertz CT molecular complexity index is 782. The van der Waals surface area contributed by atoms with Gasteiger partial charge in [-0.15, -0.1) is 0 Å². The maximum atomic E-state index is 12.2. The van der Waals surface area contributed by atoms with Crippen molar-refractivity contribution in [2.24, 2.45) is 23.2 Å². The van der Waals surface area contributed by atoms with Gasteiger partial charge in [-0.1, -0.05) is 20.8 Å². The van der Waals surface area contributed by atoms with Crippen LogP contribution < -0.4 is 0 Å². The first-order valence-electron chi connectivity index (χ1n) is 11.3. The topological polar surface area (TPSA) is 121 Å². The standard InChI is InChI=1S/C12H17NO4.C11H19NO3/c1-7-5-8(9(14)12(2)3-4-12)10(15)13(6-7)11(16)17;1-8-5-6-9(13)12(7-8)10(14)15-11(2,3)4/h7-8H,3-6H2,1-2H3,(H,16,17);8H,5-7H2,1-4H3. The molecule has 1 saturated carbocycles. The molecule has 0 radical (unpaired) electrons. The van der Waals surface area contributed by atoms with Gasteiger partial charge in [-0.25, -0.2) is 19.4 Å². The maximum absolute atomic E-state index is 12.2. The molecule has 0 spiro atoms. The Morgan fingerprint density at radius 2 is 1.59 bits per heavy atom. The van der Waals surface area contributed by atoms with Gasteiger partial charge in [0, 0.05) is 24.9 Å². The highest BCUT2D eigenvalue weighted by Gasteiger charge is 2.51. The first-order valence-corrected chi connectivity index (χ1v) is 11.3. The molecule has 3 unspecified atom stereocenters. The fourth-order valence-corrected chi connectivity index (χ4v) is 3.92. The number of carbonyl (C=O) groups is 5. The second kappa shape index (κ2) is 9.58. The lowest BCUT2D eigenvalue weighted by atomic mass is 9.81. The van der Waals surface area contributed by atoms with Crippen molar-refractivity contribution in [2.75, 3.05) is 13.1 Å². The van der Waals surface area contributed by atoms with Crippen LogP contribution in [0.25, 0.3) is 0 Å². The van der Waals surface area contributed by atoms with E-state index in [0.29, 0.717) is 25.3 Å². The predicted molar refractivity (Wildman–Crippen MR) is 116 cm³/mol. The van der Waals surface area contributed by atoms with Crippen LogP contribution in [-0.2, 0) is 19.1 Å². The summed E-state index contributed by atoms with van der Waals surface area (Å²) in [6.07, 6.45) is 1.66. The fraction of sp³-hybridized carbons (Fsp3) is 0.783. The smallest absolute Gasteiger partial charge is 0.417 e. The van der Waals surface area contributed by atoms with Crippen LogP contribution in [0, 0.1) is 23.2 Å². The second-order valence-electron chi connectivity index (χ2n) is 10.7. The van der Waals surface area contributed by atoms with Crippen molar-refractivity contribution in [2.45, 2.75) is 79.2 Å². The first-order chi connectivity index (χ1) is 14.6. The molecule has 4 amide bonds. The van der Waals surface area contributed by atoms with Crippen molar-refractivity contribution in [3.8, 4) is 0 Å². The highest BCUT2D eigenvalue weighted by Crippen LogP contribution is 2.48. The zero-order chi connectivity index (χ0) is 24.4. The van der Waals surface area contributed by atoms with Crippen molar-refractivity contribution >= 4 is 29.8 Å². The maximum Gasteiger partial charge on any atom is 0.417 e. The minimum Gasteiger partial charge on any atom is -0.465 e. The number of Topliss-reactive ketones (excluding diaryl/α,β-unsaturated/α-hetero) is 1. The molecule has 0 aromatic carbocycles. The van der Waals surface area contributed by atoms with Crippen LogP contribution in [0.4, 0.5) is 9.59 Å². The lowest BCUT2D eigenvalue weighted by molar-refractivity contribution is -0.145. The van der Waals surface area contributed by atoms with Gasteiger partial charge in [-0.05, 0) is 58.3 Å². The molecule has 3 fully saturated rings. The van der Waals surface area contributed by atoms with Gasteiger partial charge in [0.05, 0.1) is 5.92 Å². The molecule has 3 aliphatic rings. The van der Waals surface area contributed by atoms with Gasteiger partial charge in [-0.2, -0.15) is 0 Å². The van der Waals surface area contributed by atoms with E-state index in [0.717, 1.165) is 24.2 Å². The lowest BCUT2D eigenvalue weighted by Gasteiger charge is -2.33. The summed E-state index contributed by atoms with van der Waals surface area (Å²) in [5, 5.41) is 8.94. The van der Waals surface area contributed by atoms with Gasteiger partial charge in [0.1, 0.15) is 5.60 Å². The van der Waals surface area contributed by atoms with Crippen LogP contribution in [0.5, 0.6) is 0 Å². The number of likely N-dealkylation sites (tertiary alicyclic amines) is 2. The number of nitrogens with zero attached hydrogens (tertiary/aromatic N) is 2. The van der Waals surface area contributed by atoms with Gasteiger partial charge < -0.3 is 9.84 Å². The summed E-state index contributed by atoms with van der Waals surface area (Å²) in [4.78, 5) is 60.2. The number of rotatable bonds is 2. The van der Waals surface area contributed by atoms with Crippen molar-refractivity contribution < 1.29 is 33.8 Å². The molecule has 2 heterocycles. The molecular weight excluding hydrogens is 416 g/mol. The molecule has 9 nitrogen and oxygen atoms in total. The number of hydrogen-bond acceptors (Lipinski definition) is 6. The minimum absolute atomic E-state index is 0.0556. The Hall–Kier alpha value is -2.45. The number of piperidine rings is 2. The van der Waals surface area contributed by atoms with Crippen LogP contribution in [0.3, 0.4) is 0 Å². The van der Waals surface area contributed by atoms with E-state index in [4.69, 9.17) is 9.84 Å². The molecule has 0 aromatic rings. The Morgan fingerprint density at radius 3 is 2.09 bits per heavy atom. The van der Waals surface area contributed by atoms with Crippen molar-refractivity contribution in [1.29, 1.82) is 0 Å². The quantitative estimate of drug-likeness (QED) is 0.634. The molecule has 180 valence electrons. The molecular formula is C23H36N2O7. The Kier molecular flexibility index (Phi) is 7.73. The summed E-state index contributed by atoms with van der Waals surface area (Å²) in [5.74, 6) is -1.05. The summed E-state index contributed by atoms with van der Waals surface area (Å²) in [7, 11) is 0. The number of amides is 4. The predicted octanol–water partition coefficient (Wildman–Crippen LogP) is 3.70. The van der Waals surface area contributed by atoms with E-state index in [1.165, 1.54) is 4.90 Å². The molecule has 0 bridgehead atoms. The van der Waals surface area contributed by atoms with Crippen LogP contribution in [0.15, 0.2) is 0 Å². The minimum atomic E-state index is -1.25. The molecule has 3 rings (SSSR count). The SMILES string of the molecule is CC1CC(C(=O)C2(C)CC2)C(=O)N(C(=O)O)C1.CC1CCC(=O)N(C(=O)OC(C)(C)C)C1. The van der Waals surface area contributed by atoms with Gasteiger partial charge in [0.2, 0.25) is 11.8 Å². The van der Waals surface area contributed by atoms with E-state index in [1.807, 2.05) is 20.8 Å². The van der Waals surface area contributed by atoms with Gasteiger partial charge in [0.15, 0.2) is 5.78 Å². The summed E-state index contributed by atoms with van der Waals surface area (Å²) >= 11 is 0. The number of ether oxygens (including phenoxy) is 1. The molecule has 2 saturated heterocycles. The molecule has 0 aromatic heterocycles. The average Bonchev–Trinajstić information content (AvgIpc) is 3.42. The molecule has 1 aliphatic carbocycles. The normalized spacial score (nSPS) is 27.2. The van der Waals surface area contributed by atoms with Gasteiger partial charge in [0.25, 0.3) is 0 Å². The largest absolute Gasteiger partial charge is 0.465 e. The Morgan fingerprint density at radius 1 is 1.03 bits per heavy atom. The van der Waals surface area contributed by atoms with Gasteiger partial charge in [-0.3, -0.25) is 14.4 Å². The second-order valence-corrected chi connectivity index (χ2v) is 10.7. The van der Waals surface area contributed by atoms with Crippen LogP contribution >= 0.6 is 0 Å². The number of hydrogen-bond donors (Lipinski definition) is 1. The number of carboxylic acid groups (broad SMARTS) is 1. The lowest BCUT2D eigenvalue weighted by Crippen LogP contribution is -2.50. The Labute approximate surface area is 189 Å². The average molecular weight is 453 g/mol. The zero-order valence-electron chi connectivity index (χ0n) is 20.0. The zero-order valence-corrected chi connectivity index (χ0v) is 20.0. The third kappa shape index (κ3) is 6.53. The van der Waals surface area contributed by atoms with E-state index in [2.05, 4.69) is 0 Å². The van der Waals surface area contributed by atoms with Crippen LogP contribution in [0.1, 0.15) is 73.6 Å².